The van der Waals surface area contributed by atoms with Crippen LogP contribution in [-0.4, -0.2) is 41.7 Å². The molecule has 5 nitrogen and oxygen atoms in total. The molecule has 0 aromatic carbocycles. The zero-order valence-corrected chi connectivity index (χ0v) is 8.32. The molecular formula is C7H14N2O3S. The zero-order valence-electron chi connectivity index (χ0n) is 7.50. The molecule has 0 aliphatic carbocycles. The summed E-state index contributed by atoms with van der Waals surface area (Å²) >= 11 is 1.28. The van der Waals surface area contributed by atoms with Gasteiger partial charge in [-0.05, 0) is 6.92 Å². The highest BCUT2D eigenvalue weighted by atomic mass is 32.2. The quantitative estimate of drug-likeness (QED) is 0.539. The van der Waals surface area contributed by atoms with Gasteiger partial charge in [0.1, 0.15) is 0 Å². The van der Waals surface area contributed by atoms with Crippen LogP contribution in [0.2, 0.25) is 0 Å². The van der Waals surface area contributed by atoms with E-state index < -0.39 is 5.97 Å². The van der Waals surface area contributed by atoms with Gasteiger partial charge < -0.3 is 15.7 Å². The van der Waals surface area contributed by atoms with Gasteiger partial charge in [0, 0.05) is 18.8 Å². The van der Waals surface area contributed by atoms with E-state index >= 15 is 0 Å². The lowest BCUT2D eigenvalue weighted by molar-refractivity contribution is -0.133. The fourth-order valence-corrected chi connectivity index (χ4v) is 1.18. The highest BCUT2D eigenvalue weighted by molar-refractivity contribution is 7.99. The molecule has 3 N–H and O–H groups in total. The lowest BCUT2D eigenvalue weighted by Gasteiger charge is -2.04. The molecule has 2 amide bonds. The first-order valence-electron chi connectivity index (χ1n) is 3.98. The van der Waals surface area contributed by atoms with E-state index in [4.69, 9.17) is 5.11 Å². The Bertz CT molecular complexity index is 175. The Labute approximate surface area is 81.3 Å². The summed E-state index contributed by atoms with van der Waals surface area (Å²) in [5.41, 5.74) is 0. The van der Waals surface area contributed by atoms with Crippen LogP contribution in [0.4, 0.5) is 4.79 Å². The van der Waals surface area contributed by atoms with E-state index in [1.807, 2.05) is 6.92 Å². The second kappa shape index (κ2) is 7.72. The molecule has 0 bridgehead atoms. The van der Waals surface area contributed by atoms with E-state index in [2.05, 4.69) is 10.6 Å². The number of urea groups is 1. The largest absolute Gasteiger partial charge is 0.481 e. The average Bonchev–Trinajstić information content (AvgIpc) is 2.03. The first kappa shape index (κ1) is 12.1. The van der Waals surface area contributed by atoms with E-state index in [1.54, 1.807) is 0 Å². The van der Waals surface area contributed by atoms with Gasteiger partial charge in [0.2, 0.25) is 0 Å². The number of rotatable bonds is 6. The van der Waals surface area contributed by atoms with Gasteiger partial charge in [0.15, 0.2) is 0 Å². The van der Waals surface area contributed by atoms with Crippen LogP contribution in [0.15, 0.2) is 0 Å². The van der Waals surface area contributed by atoms with E-state index in [0.717, 1.165) is 0 Å². The van der Waals surface area contributed by atoms with Gasteiger partial charge in [0.05, 0.1) is 5.75 Å². The van der Waals surface area contributed by atoms with Gasteiger partial charge in [-0.1, -0.05) is 0 Å². The summed E-state index contributed by atoms with van der Waals surface area (Å²) in [4.78, 5) is 20.9. The van der Waals surface area contributed by atoms with Crippen molar-refractivity contribution in [2.75, 3.05) is 24.6 Å². The number of carbonyl (C=O) groups is 2. The van der Waals surface area contributed by atoms with E-state index in [0.29, 0.717) is 18.8 Å². The van der Waals surface area contributed by atoms with Crippen molar-refractivity contribution >= 4 is 23.8 Å². The monoisotopic (exact) mass is 206 g/mol. The maximum atomic E-state index is 10.8. The van der Waals surface area contributed by atoms with Crippen molar-refractivity contribution < 1.29 is 14.7 Å². The van der Waals surface area contributed by atoms with Crippen molar-refractivity contribution in [1.29, 1.82) is 0 Å². The normalized spacial score (nSPS) is 9.31. The molecular weight excluding hydrogens is 192 g/mol. The molecule has 0 aliphatic rings. The number of carbonyl (C=O) groups excluding carboxylic acids is 1. The predicted octanol–water partition coefficient (Wildman–Crippen LogP) is 0.123. The molecule has 0 atom stereocenters. The Morgan fingerprint density at radius 1 is 1.38 bits per heavy atom. The minimum Gasteiger partial charge on any atom is -0.481 e. The third kappa shape index (κ3) is 9.00. The summed E-state index contributed by atoms with van der Waals surface area (Å²) in [6.07, 6.45) is 0. The van der Waals surface area contributed by atoms with E-state index in [-0.39, 0.29) is 11.8 Å². The van der Waals surface area contributed by atoms with E-state index in [9.17, 15) is 9.59 Å². The van der Waals surface area contributed by atoms with Gasteiger partial charge in [0.25, 0.3) is 0 Å². The number of hydrogen-bond acceptors (Lipinski definition) is 3. The van der Waals surface area contributed by atoms with Crippen LogP contribution < -0.4 is 10.6 Å². The molecule has 6 heteroatoms. The molecule has 0 unspecified atom stereocenters. The molecule has 0 aromatic heterocycles. The summed E-state index contributed by atoms with van der Waals surface area (Å²) in [6, 6.07) is -0.210. The van der Waals surface area contributed by atoms with Crippen LogP contribution in [0.1, 0.15) is 6.92 Å². The summed E-state index contributed by atoms with van der Waals surface area (Å²) in [6.45, 7) is 2.91. The van der Waals surface area contributed by atoms with Gasteiger partial charge in [-0.15, -0.1) is 11.8 Å². The van der Waals surface area contributed by atoms with Crippen LogP contribution in [0.3, 0.4) is 0 Å². The smallest absolute Gasteiger partial charge is 0.314 e. The number of thioether (sulfide) groups is 1. The zero-order chi connectivity index (χ0) is 10.1. The number of nitrogens with one attached hydrogen (secondary N) is 2. The van der Waals surface area contributed by atoms with Crippen LogP contribution in [0.25, 0.3) is 0 Å². The van der Waals surface area contributed by atoms with Crippen LogP contribution >= 0.6 is 11.8 Å². The fraction of sp³-hybridized carbons (Fsp3) is 0.714. The molecule has 0 rings (SSSR count). The lowest BCUT2D eigenvalue weighted by Crippen LogP contribution is -2.36. The highest BCUT2D eigenvalue weighted by Crippen LogP contribution is 1.96. The third-order valence-electron chi connectivity index (χ3n) is 1.09. The number of amides is 2. The molecule has 0 saturated heterocycles. The Morgan fingerprint density at radius 3 is 2.62 bits per heavy atom. The summed E-state index contributed by atoms with van der Waals surface area (Å²) in [5.74, 6) is -0.136. The minimum atomic E-state index is -0.831. The molecule has 0 saturated carbocycles. The SMILES string of the molecule is CCNC(=O)NCCSCC(=O)O. The standard InChI is InChI=1S/C7H14N2O3S/c1-2-8-7(12)9-3-4-13-5-6(10)11/h2-5H2,1H3,(H,10,11)(H2,8,9,12). The van der Waals surface area contributed by atoms with Crippen molar-refractivity contribution in [3.63, 3.8) is 0 Å². The summed E-state index contributed by atoms with van der Waals surface area (Å²) < 4.78 is 0. The van der Waals surface area contributed by atoms with Crippen molar-refractivity contribution in [1.82, 2.24) is 10.6 Å². The Balaban J connectivity index is 3.16. The fourth-order valence-electron chi connectivity index (χ4n) is 0.619. The van der Waals surface area contributed by atoms with Gasteiger partial charge in [-0.3, -0.25) is 4.79 Å². The predicted molar refractivity (Wildman–Crippen MR) is 52.0 cm³/mol. The average molecular weight is 206 g/mol. The summed E-state index contributed by atoms with van der Waals surface area (Å²) in [5, 5.41) is 13.4. The summed E-state index contributed by atoms with van der Waals surface area (Å²) in [7, 11) is 0. The number of carboxylic acids is 1. The van der Waals surface area contributed by atoms with Crippen LogP contribution in [0.5, 0.6) is 0 Å². The van der Waals surface area contributed by atoms with Gasteiger partial charge >= 0.3 is 12.0 Å². The van der Waals surface area contributed by atoms with Crippen LogP contribution in [0, 0.1) is 0 Å². The maximum Gasteiger partial charge on any atom is 0.314 e. The van der Waals surface area contributed by atoms with Gasteiger partial charge in [-0.25, -0.2) is 4.79 Å². The first-order chi connectivity index (χ1) is 6.16. The second-order valence-corrected chi connectivity index (χ2v) is 3.34. The lowest BCUT2D eigenvalue weighted by atomic mass is 10.7. The number of aliphatic carboxylic acids is 1. The molecule has 0 aromatic rings. The molecule has 0 aliphatic heterocycles. The third-order valence-corrected chi connectivity index (χ3v) is 2.04. The Morgan fingerprint density at radius 2 is 2.08 bits per heavy atom. The second-order valence-electron chi connectivity index (χ2n) is 2.23. The number of hydrogen-bond donors (Lipinski definition) is 3. The van der Waals surface area contributed by atoms with Crippen molar-refractivity contribution in [3.8, 4) is 0 Å². The van der Waals surface area contributed by atoms with Crippen LogP contribution in [-0.2, 0) is 4.79 Å². The molecule has 13 heavy (non-hydrogen) atoms. The van der Waals surface area contributed by atoms with Crippen molar-refractivity contribution in [2.45, 2.75) is 6.92 Å². The molecule has 0 fully saturated rings. The first-order valence-corrected chi connectivity index (χ1v) is 5.13. The Kier molecular flexibility index (Phi) is 7.18. The van der Waals surface area contributed by atoms with E-state index in [1.165, 1.54) is 11.8 Å². The topological polar surface area (TPSA) is 78.4 Å². The molecule has 0 radical (unpaired) electrons. The molecule has 0 spiro atoms. The Hall–Kier alpha value is -0.910. The van der Waals surface area contributed by atoms with Crippen molar-refractivity contribution in [2.24, 2.45) is 0 Å². The van der Waals surface area contributed by atoms with Crippen molar-refractivity contribution in [3.05, 3.63) is 0 Å². The maximum absolute atomic E-state index is 10.8. The highest BCUT2D eigenvalue weighted by Gasteiger charge is 1.98. The van der Waals surface area contributed by atoms with Gasteiger partial charge in [-0.2, -0.15) is 0 Å². The molecule has 76 valence electrons. The number of carboxylic acid groups (broad SMARTS) is 1. The minimum absolute atomic E-state index is 0.0804. The molecule has 0 heterocycles.